The molecule has 0 aliphatic rings. The zero-order valence-electron chi connectivity index (χ0n) is 8.05. The smallest absolute Gasteiger partial charge is 0.137 e. The van der Waals surface area contributed by atoms with Crippen LogP contribution in [0.3, 0.4) is 0 Å². The van der Waals surface area contributed by atoms with Gasteiger partial charge < -0.3 is 5.11 Å². The van der Waals surface area contributed by atoms with Crippen LogP contribution < -0.4 is 0 Å². The fourth-order valence-electron chi connectivity index (χ4n) is 0.932. The Labute approximate surface area is 73.3 Å². The van der Waals surface area contributed by atoms with E-state index in [0.717, 1.165) is 5.56 Å². The summed E-state index contributed by atoms with van der Waals surface area (Å²) < 4.78 is 0. The third-order valence-corrected chi connectivity index (χ3v) is 1.93. The van der Waals surface area contributed by atoms with Crippen LogP contribution in [-0.4, -0.2) is 10.1 Å². The van der Waals surface area contributed by atoms with E-state index in [1.54, 1.807) is 13.0 Å². The van der Waals surface area contributed by atoms with Crippen LogP contribution in [0.5, 0.6) is 5.75 Å². The Morgan fingerprint density at radius 2 is 1.92 bits per heavy atom. The van der Waals surface area contributed by atoms with E-state index in [1.807, 2.05) is 6.20 Å². The zero-order valence-corrected chi connectivity index (χ0v) is 8.05. The van der Waals surface area contributed by atoms with Gasteiger partial charge in [-0.1, -0.05) is 20.8 Å². The summed E-state index contributed by atoms with van der Waals surface area (Å²) >= 11 is 0. The molecule has 0 fully saturated rings. The fraction of sp³-hybridized carbons (Fsp3) is 0.500. The molecular weight excluding hydrogens is 150 g/mol. The summed E-state index contributed by atoms with van der Waals surface area (Å²) in [6, 6.07) is 1.78. The average molecular weight is 165 g/mol. The highest BCUT2D eigenvalue weighted by molar-refractivity contribution is 5.32. The van der Waals surface area contributed by atoms with Gasteiger partial charge in [-0.3, -0.25) is 4.98 Å². The molecule has 0 bridgehead atoms. The number of aromatic hydroxyl groups is 1. The molecule has 2 heteroatoms. The molecule has 0 saturated carbocycles. The first-order valence-electron chi connectivity index (χ1n) is 4.07. The summed E-state index contributed by atoms with van der Waals surface area (Å²) in [7, 11) is 0. The van der Waals surface area contributed by atoms with Gasteiger partial charge in [-0.15, -0.1) is 0 Å². The minimum absolute atomic E-state index is 0.0537. The molecule has 12 heavy (non-hydrogen) atoms. The van der Waals surface area contributed by atoms with E-state index in [1.165, 1.54) is 0 Å². The molecule has 1 heterocycles. The summed E-state index contributed by atoms with van der Waals surface area (Å²) in [6.45, 7) is 8.08. The molecule has 0 aliphatic heterocycles. The Morgan fingerprint density at radius 3 is 2.33 bits per heavy atom. The van der Waals surface area contributed by atoms with Crippen molar-refractivity contribution < 1.29 is 5.11 Å². The molecule has 0 atom stereocenters. The average Bonchev–Trinajstić information content (AvgIpc) is 1.92. The lowest BCUT2D eigenvalue weighted by atomic mass is 9.88. The number of hydrogen-bond donors (Lipinski definition) is 1. The van der Waals surface area contributed by atoms with Crippen LogP contribution in [0.15, 0.2) is 12.3 Å². The molecule has 0 unspecified atom stereocenters. The number of aryl methyl sites for hydroxylation is 1. The van der Waals surface area contributed by atoms with Crippen molar-refractivity contribution in [2.45, 2.75) is 33.1 Å². The van der Waals surface area contributed by atoms with E-state index >= 15 is 0 Å². The highest BCUT2D eigenvalue weighted by Crippen LogP contribution is 2.25. The van der Waals surface area contributed by atoms with E-state index < -0.39 is 0 Å². The van der Waals surface area contributed by atoms with Crippen molar-refractivity contribution in [2.24, 2.45) is 0 Å². The zero-order chi connectivity index (χ0) is 9.35. The van der Waals surface area contributed by atoms with Crippen LogP contribution in [0.1, 0.15) is 32.0 Å². The fourth-order valence-corrected chi connectivity index (χ4v) is 0.932. The highest BCUT2D eigenvalue weighted by Gasteiger charge is 2.14. The van der Waals surface area contributed by atoms with Crippen molar-refractivity contribution in [3.63, 3.8) is 0 Å². The summed E-state index contributed by atoms with van der Waals surface area (Å²) in [5, 5.41) is 9.40. The first-order valence-corrected chi connectivity index (χ1v) is 4.07. The Hall–Kier alpha value is -1.05. The van der Waals surface area contributed by atoms with Gasteiger partial charge in [0, 0.05) is 6.20 Å². The first kappa shape index (κ1) is 9.04. The van der Waals surface area contributed by atoms with Gasteiger partial charge >= 0.3 is 0 Å². The van der Waals surface area contributed by atoms with Crippen molar-refractivity contribution in [1.29, 1.82) is 0 Å². The predicted octanol–water partition coefficient (Wildman–Crippen LogP) is 2.39. The molecule has 0 radical (unpaired) electrons. The van der Waals surface area contributed by atoms with Gasteiger partial charge in [-0.25, -0.2) is 0 Å². The van der Waals surface area contributed by atoms with E-state index in [0.29, 0.717) is 5.69 Å². The molecule has 0 aromatic carbocycles. The van der Waals surface area contributed by atoms with E-state index in [2.05, 4.69) is 25.8 Å². The summed E-state index contributed by atoms with van der Waals surface area (Å²) in [5.41, 5.74) is 1.80. The number of pyridine rings is 1. The van der Waals surface area contributed by atoms with Crippen LogP contribution >= 0.6 is 0 Å². The van der Waals surface area contributed by atoms with Gasteiger partial charge in [0.1, 0.15) is 5.75 Å². The number of rotatable bonds is 0. The van der Waals surface area contributed by atoms with Crippen molar-refractivity contribution in [1.82, 2.24) is 4.98 Å². The molecule has 0 amide bonds. The van der Waals surface area contributed by atoms with E-state index in [-0.39, 0.29) is 11.2 Å². The maximum absolute atomic E-state index is 9.40. The Morgan fingerprint density at radius 1 is 1.33 bits per heavy atom. The third kappa shape index (κ3) is 1.76. The van der Waals surface area contributed by atoms with Crippen LogP contribution in [0.2, 0.25) is 0 Å². The first-order chi connectivity index (χ1) is 5.41. The van der Waals surface area contributed by atoms with Gasteiger partial charge in [0.2, 0.25) is 0 Å². The van der Waals surface area contributed by atoms with Gasteiger partial charge in [-0.05, 0) is 24.0 Å². The van der Waals surface area contributed by atoms with Gasteiger partial charge in [0.15, 0.2) is 0 Å². The van der Waals surface area contributed by atoms with Gasteiger partial charge in [0.25, 0.3) is 0 Å². The summed E-state index contributed by atoms with van der Waals surface area (Å²) in [6.07, 6.45) is 1.81. The lowest BCUT2D eigenvalue weighted by Gasteiger charge is -2.18. The molecule has 0 spiro atoms. The molecular formula is C10H15NO. The van der Waals surface area contributed by atoms with Crippen molar-refractivity contribution in [3.05, 3.63) is 23.5 Å². The molecule has 1 N–H and O–H groups in total. The summed E-state index contributed by atoms with van der Waals surface area (Å²) in [4.78, 5) is 4.10. The molecule has 1 aromatic heterocycles. The van der Waals surface area contributed by atoms with Crippen molar-refractivity contribution >= 4 is 0 Å². The monoisotopic (exact) mass is 165 g/mol. The largest absolute Gasteiger partial charge is 0.506 e. The molecule has 0 aliphatic carbocycles. The lowest BCUT2D eigenvalue weighted by Crippen LogP contribution is -2.11. The number of nitrogens with zero attached hydrogens (tertiary/aromatic N) is 1. The minimum Gasteiger partial charge on any atom is -0.506 e. The molecule has 1 aromatic rings. The number of aromatic nitrogens is 1. The van der Waals surface area contributed by atoms with Crippen LogP contribution in [-0.2, 0) is 5.41 Å². The predicted molar refractivity (Wildman–Crippen MR) is 49.3 cm³/mol. The summed E-state index contributed by atoms with van der Waals surface area (Å²) in [5.74, 6) is 0.280. The molecule has 66 valence electrons. The van der Waals surface area contributed by atoms with E-state index in [9.17, 15) is 5.11 Å². The SMILES string of the molecule is Cc1ncc(C(C)(C)C)cc1O. The Balaban J connectivity index is 3.14. The van der Waals surface area contributed by atoms with Crippen LogP contribution in [0.25, 0.3) is 0 Å². The quantitative estimate of drug-likeness (QED) is 0.640. The topological polar surface area (TPSA) is 33.1 Å². The van der Waals surface area contributed by atoms with Gasteiger partial charge in [-0.2, -0.15) is 0 Å². The standard InChI is InChI=1S/C10H15NO/c1-7-9(12)5-8(6-11-7)10(2,3)4/h5-6,12H,1-4H3. The molecule has 0 saturated heterocycles. The second-order valence-electron chi connectivity index (χ2n) is 4.08. The third-order valence-electron chi connectivity index (χ3n) is 1.93. The van der Waals surface area contributed by atoms with Crippen LogP contribution in [0, 0.1) is 6.92 Å². The maximum Gasteiger partial charge on any atom is 0.137 e. The van der Waals surface area contributed by atoms with Crippen molar-refractivity contribution in [2.75, 3.05) is 0 Å². The number of hydrogen-bond acceptors (Lipinski definition) is 2. The molecule has 2 nitrogen and oxygen atoms in total. The lowest BCUT2D eigenvalue weighted by molar-refractivity contribution is 0.462. The van der Waals surface area contributed by atoms with Gasteiger partial charge in [0.05, 0.1) is 5.69 Å². The van der Waals surface area contributed by atoms with Crippen LogP contribution in [0.4, 0.5) is 0 Å². The maximum atomic E-state index is 9.40. The minimum atomic E-state index is 0.0537. The second-order valence-corrected chi connectivity index (χ2v) is 4.08. The highest BCUT2D eigenvalue weighted by atomic mass is 16.3. The Kier molecular flexibility index (Phi) is 2.09. The normalized spacial score (nSPS) is 11.7. The van der Waals surface area contributed by atoms with E-state index in [4.69, 9.17) is 0 Å². The van der Waals surface area contributed by atoms with Crippen molar-refractivity contribution in [3.8, 4) is 5.75 Å². The second kappa shape index (κ2) is 2.77. The molecule has 1 rings (SSSR count). The Bertz CT molecular complexity index is 286.